The monoisotopic (exact) mass is 269 g/mol. The van der Waals surface area contributed by atoms with Crippen molar-refractivity contribution >= 4 is 12.7 Å². The molecule has 2 aromatic rings. The molecule has 20 heavy (non-hydrogen) atoms. The van der Waals surface area contributed by atoms with Gasteiger partial charge < -0.3 is 13.9 Å². The van der Waals surface area contributed by atoms with E-state index in [-0.39, 0.29) is 18.3 Å². The number of rotatable bonds is 2. The Morgan fingerprint density at radius 3 is 2.05 bits per heavy atom. The predicted octanol–water partition coefficient (Wildman–Crippen LogP) is 2.78. The normalized spacial score (nSPS) is 20.3. The molecule has 1 aromatic heterocycles. The first-order chi connectivity index (χ1) is 9.41. The second kappa shape index (κ2) is 4.50. The van der Waals surface area contributed by atoms with Crippen LogP contribution in [-0.2, 0) is 9.31 Å². The van der Waals surface area contributed by atoms with Crippen LogP contribution < -0.4 is 5.59 Å². The fraction of sp³-hybridized carbons (Fsp3) is 0.375. The van der Waals surface area contributed by atoms with Crippen molar-refractivity contribution in [2.24, 2.45) is 0 Å². The van der Waals surface area contributed by atoms with E-state index in [1.807, 2.05) is 30.5 Å². The average Bonchev–Trinajstić information content (AvgIpc) is 2.94. The van der Waals surface area contributed by atoms with Crippen molar-refractivity contribution < 1.29 is 9.31 Å². The quantitative estimate of drug-likeness (QED) is 0.782. The summed E-state index contributed by atoms with van der Waals surface area (Å²) in [5.41, 5.74) is 1.50. The summed E-state index contributed by atoms with van der Waals surface area (Å²) in [6.45, 7) is 8.29. The van der Waals surface area contributed by atoms with Gasteiger partial charge in [0.15, 0.2) is 0 Å². The molecule has 0 N–H and O–H groups in total. The largest absolute Gasteiger partial charge is 0.512 e. The van der Waals surface area contributed by atoms with Gasteiger partial charge in [-0.1, -0.05) is 18.2 Å². The van der Waals surface area contributed by atoms with E-state index in [4.69, 9.17) is 9.31 Å². The number of nitrogens with zero attached hydrogens (tertiary/aromatic N) is 1. The highest BCUT2D eigenvalue weighted by Crippen LogP contribution is 2.36. The summed E-state index contributed by atoms with van der Waals surface area (Å²) in [6, 6.07) is 14.3. The lowest BCUT2D eigenvalue weighted by Gasteiger charge is -2.32. The van der Waals surface area contributed by atoms with Gasteiger partial charge in [0.2, 0.25) is 0 Å². The third-order valence-electron chi connectivity index (χ3n) is 4.31. The van der Waals surface area contributed by atoms with Crippen molar-refractivity contribution in [1.29, 1.82) is 0 Å². The molecule has 4 heteroatoms. The van der Waals surface area contributed by atoms with E-state index < -0.39 is 0 Å². The molecule has 0 spiro atoms. The topological polar surface area (TPSA) is 23.4 Å². The lowest BCUT2D eigenvalue weighted by Crippen LogP contribution is -2.41. The Bertz CT molecular complexity index is 588. The zero-order chi connectivity index (χ0) is 14.4. The minimum absolute atomic E-state index is 0.316. The van der Waals surface area contributed by atoms with Crippen LogP contribution in [0.15, 0.2) is 48.7 Å². The van der Waals surface area contributed by atoms with E-state index in [2.05, 4.69) is 50.5 Å². The maximum atomic E-state index is 6.13. The van der Waals surface area contributed by atoms with Crippen LogP contribution in [0.3, 0.4) is 0 Å². The molecule has 3 nitrogen and oxygen atoms in total. The Hall–Kier alpha value is -1.52. The van der Waals surface area contributed by atoms with E-state index in [0.29, 0.717) is 0 Å². The van der Waals surface area contributed by atoms with E-state index in [1.165, 1.54) is 0 Å². The van der Waals surface area contributed by atoms with Crippen LogP contribution in [0.2, 0.25) is 0 Å². The van der Waals surface area contributed by atoms with E-state index in [1.54, 1.807) is 0 Å². The van der Waals surface area contributed by atoms with Gasteiger partial charge in [0, 0.05) is 11.9 Å². The zero-order valence-corrected chi connectivity index (χ0v) is 12.5. The van der Waals surface area contributed by atoms with Gasteiger partial charge in [0.05, 0.1) is 16.8 Å². The molecule has 0 bridgehead atoms. The molecule has 0 atom stereocenters. The molecule has 2 heterocycles. The maximum absolute atomic E-state index is 6.13. The molecule has 104 valence electrons. The SMILES string of the molecule is CC1(C)OB(c2cccn2-c2ccccc2)OC1(C)C. The minimum Gasteiger partial charge on any atom is -0.398 e. The Kier molecular flexibility index (Phi) is 3.03. The van der Waals surface area contributed by atoms with Crippen LogP contribution in [0.5, 0.6) is 0 Å². The van der Waals surface area contributed by atoms with Crippen LogP contribution in [0, 0.1) is 0 Å². The number of hydrogen-bond acceptors (Lipinski definition) is 2. The van der Waals surface area contributed by atoms with Crippen molar-refractivity contribution in [2.75, 3.05) is 0 Å². The first-order valence-corrected chi connectivity index (χ1v) is 6.99. The summed E-state index contributed by atoms with van der Waals surface area (Å²) in [5, 5.41) is 0. The zero-order valence-electron chi connectivity index (χ0n) is 12.5. The molecule has 1 aliphatic heterocycles. The summed E-state index contributed by atoms with van der Waals surface area (Å²) in [6.07, 6.45) is 2.04. The highest BCUT2D eigenvalue weighted by molar-refractivity contribution is 6.61. The molecule has 0 unspecified atom stereocenters. The number of aromatic nitrogens is 1. The van der Waals surface area contributed by atoms with Crippen molar-refractivity contribution in [2.45, 2.75) is 38.9 Å². The van der Waals surface area contributed by atoms with Crippen LogP contribution in [0.25, 0.3) is 5.69 Å². The van der Waals surface area contributed by atoms with Crippen LogP contribution in [0.4, 0.5) is 0 Å². The summed E-state index contributed by atoms with van der Waals surface area (Å²) >= 11 is 0. The molecule has 1 saturated heterocycles. The van der Waals surface area contributed by atoms with Gasteiger partial charge in [-0.15, -0.1) is 0 Å². The van der Waals surface area contributed by atoms with Gasteiger partial charge in [-0.2, -0.15) is 0 Å². The lowest BCUT2D eigenvalue weighted by atomic mass is 9.84. The Morgan fingerprint density at radius 2 is 1.45 bits per heavy atom. The lowest BCUT2D eigenvalue weighted by molar-refractivity contribution is 0.00578. The average molecular weight is 269 g/mol. The molecule has 3 rings (SSSR count). The highest BCUT2D eigenvalue weighted by Gasteiger charge is 2.52. The summed E-state index contributed by atoms with van der Waals surface area (Å²) in [4.78, 5) is 0. The molecule has 1 aliphatic rings. The van der Waals surface area contributed by atoms with Gasteiger partial charge in [-0.05, 0) is 52.0 Å². The summed E-state index contributed by atoms with van der Waals surface area (Å²) in [7, 11) is -0.338. The predicted molar refractivity (Wildman–Crippen MR) is 81.5 cm³/mol. The smallest absolute Gasteiger partial charge is 0.398 e. The Morgan fingerprint density at radius 1 is 0.850 bits per heavy atom. The molecular weight excluding hydrogens is 249 g/mol. The fourth-order valence-corrected chi connectivity index (χ4v) is 2.37. The minimum atomic E-state index is -0.338. The van der Waals surface area contributed by atoms with Crippen molar-refractivity contribution in [3.05, 3.63) is 48.7 Å². The maximum Gasteiger partial charge on any atom is 0.512 e. The van der Waals surface area contributed by atoms with E-state index in [9.17, 15) is 0 Å². The molecular formula is C16H20BNO2. The second-order valence-corrected chi connectivity index (χ2v) is 6.23. The van der Waals surface area contributed by atoms with Crippen LogP contribution >= 0.6 is 0 Å². The fourth-order valence-electron chi connectivity index (χ4n) is 2.37. The number of hydrogen-bond donors (Lipinski definition) is 0. The van der Waals surface area contributed by atoms with Gasteiger partial charge >= 0.3 is 7.12 Å². The molecule has 0 saturated carbocycles. The van der Waals surface area contributed by atoms with Crippen molar-refractivity contribution in [3.8, 4) is 5.69 Å². The van der Waals surface area contributed by atoms with Crippen LogP contribution in [-0.4, -0.2) is 22.9 Å². The molecule has 1 fully saturated rings. The Balaban J connectivity index is 1.96. The van der Waals surface area contributed by atoms with Crippen molar-refractivity contribution in [3.63, 3.8) is 0 Å². The molecule has 0 radical (unpaired) electrons. The summed E-state index contributed by atoms with van der Waals surface area (Å²) in [5.74, 6) is 0. The first kappa shape index (κ1) is 13.5. The summed E-state index contributed by atoms with van der Waals surface area (Å²) < 4.78 is 14.4. The van der Waals surface area contributed by atoms with E-state index in [0.717, 1.165) is 11.3 Å². The third kappa shape index (κ3) is 2.09. The Labute approximate surface area is 120 Å². The van der Waals surface area contributed by atoms with Gasteiger partial charge in [-0.25, -0.2) is 0 Å². The van der Waals surface area contributed by atoms with Gasteiger partial charge in [0.1, 0.15) is 0 Å². The van der Waals surface area contributed by atoms with Gasteiger partial charge in [-0.3, -0.25) is 0 Å². The highest BCUT2D eigenvalue weighted by atomic mass is 16.7. The van der Waals surface area contributed by atoms with E-state index >= 15 is 0 Å². The van der Waals surface area contributed by atoms with Crippen LogP contribution in [0.1, 0.15) is 27.7 Å². The third-order valence-corrected chi connectivity index (χ3v) is 4.31. The first-order valence-electron chi connectivity index (χ1n) is 6.99. The van der Waals surface area contributed by atoms with Crippen molar-refractivity contribution in [1.82, 2.24) is 4.57 Å². The molecule has 0 aliphatic carbocycles. The molecule has 1 aromatic carbocycles. The standard InChI is InChI=1S/C16H20BNO2/c1-15(2)16(3,4)20-17(19-15)14-11-8-12-18(14)13-9-6-5-7-10-13/h5-12H,1-4H3. The second-order valence-electron chi connectivity index (χ2n) is 6.23. The molecule has 0 amide bonds. The number of para-hydroxylation sites is 1. The van der Waals surface area contributed by atoms with Gasteiger partial charge in [0.25, 0.3) is 0 Å². The number of benzene rings is 1.